The zero-order valence-electron chi connectivity index (χ0n) is 6.80. The number of hydrogen-bond acceptors (Lipinski definition) is 2. The Balaban J connectivity index is 2.18. The molecule has 0 nitrogen and oxygen atoms in total. The molecule has 1 atom stereocenters. The second-order valence-electron chi connectivity index (χ2n) is 2.88. The van der Waals surface area contributed by atoms with Gasteiger partial charge in [0.1, 0.15) is 0 Å². The van der Waals surface area contributed by atoms with Crippen LogP contribution in [0.25, 0.3) is 0 Å². The summed E-state index contributed by atoms with van der Waals surface area (Å²) in [7, 11) is 0. The van der Waals surface area contributed by atoms with Crippen LogP contribution >= 0.6 is 23.5 Å². The third-order valence-electron chi connectivity index (χ3n) is 1.86. The van der Waals surface area contributed by atoms with Gasteiger partial charge in [0, 0.05) is 11.5 Å². The van der Waals surface area contributed by atoms with Crippen LogP contribution in [0.2, 0.25) is 0 Å². The van der Waals surface area contributed by atoms with Gasteiger partial charge < -0.3 is 0 Å². The van der Waals surface area contributed by atoms with Crippen LogP contribution in [0, 0.1) is 5.92 Å². The van der Waals surface area contributed by atoms with Crippen molar-refractivity contribution in [3.8, 4) is 0 Å². The SMILES string of the molecule is CCCC(C)C1SCCS1. The Hall–Kier alpha value is 0.700. The summed E-state index contributed by atoms with van der Waals surface area (Å²) in [6.45, 7) is 4.67. The van der Waals surface area contributed by atoms with Gasteiger partial charge in [-0.3, -0.25) is 0 Å². The molecule has 0 spiro atoms. The molecule has 1 aliphatic heterocycles. The summed E-state index contributed by atoms with van der Waals surface area (Å²) < 4.78 is 0.917. The van der Waals surface area contributed by atoms with Crippen LogP contribution in [0.3, 0.4) is 0 Å². The monoisotopic (exact) mass is 176 g/mol. The van der Waals surface area contributed by atoms with Crippen LogP contribution in [0.5, 0.6) is 0 Å². The van der Waals surface area contributed by atoms with E-state index in [1.807, 2.05) is 0 Å². The molecule has 0 aromatic rings. The van der Waals surface area contributed by atoms with E-state index < -0.39 is 0 Å². The average molecular weight is 176 g/mol. The van der Waals surface area contributed by atoms with Crippen LogP contribution < -0.4 is 0 Å². The van der Waals surface area contributed by atoms with Gasteiger partial charge in [0.2, 0.25) is 0 Å². The lowest BCUT2D eigenvalue weighted by molar-refractivity contribution is 0.569. The molecule has 0 amide bonds. The molecule has 60 valence electrons. The summed E-state index contributed by atoms with van der Waals surface area (Å²) in [4.78, 5) is 0. The minimum Gasteiger partial charge on any atom is -0.146 e. The molecule has 2 heteroatoms. The van der Waals surface area contributed by atoms with E-state index in [1.54, 1.807) is 0 Å². The van der Waals surface area contributed by atoms with E-state index in [9.17, 15) is 0 Å². The summed E-state index contributed by atoms with van der Waals surface area (Å²) >= 11 is 4.31. The van der Waals surface area contributed by atoms with Crippen LogP contribution in [0.1, 0.15) is 26.7 Å². The third kappa shape index (κ3) is 2.39. The second-order valence-corrected chi connectivity index (χ2v) is 5.67. The molecule has 10 heavy (non-hydrogen) atoms. The summed E-state index contributed by atoms with van der Waals surface area (Å²) in [5, 5.41) is 0. The van der Waals surface area contributed by atoms with E-state index in [2.05, 4.69) is 37.4 Å². The van der Waals surface area contributed by atoms with E-state index in [-0.39, 0.29) is 0 Å². The summed E-state index contributed by atoms with van der Waals surface area (Å²) in [5.41, 5.74) is 0. The quantitative estimate of drug-likeness (QED) is 0.647. The fourth-order valence-electron chi connectivity index (χ4n) is 1.30. The molecule has 0 N–H and O–H groups in total. The van der Waals surface area contributed by atoms with Gasteiger partial charge in [-0.2, -0.15) is 0 Å². The molecular formula is C8H16S2. The zero-order valence-corrected chi connectivity index (χ0v) is 8.43. The lowest BCUT2D eigenvalue weighted by atomic mass is 10.1. The minimum absolute atomic E-state index is 0.917. The number of hydrogen-bond donors (Lipinski definition) is 0. The third-order valence-corrected chi connectivity index (χ3v) is 5.40. The van der Waals surface area contributed by atoms with Crippen molar-refractivity contribution in [2.75, 3.05) is 11.5 Å². The molecule has 1 aliphatic rings. The molecule has 0 aliphatic carbocycles. The van der Waals surface area contributed by atoms with Crippen molar-refractivity contribution in [3.05, 3.63) is 0 Å². The summed E-state index contributed by atoms with van der Waals surface area (Å²) in [6, 6.07) is 0. The number of rotatable bonds is 3. The van der Waals surface area contributed by atoms with E-state index >= 15 is 0 Å². The molecule has 0 aromatic carbocycles. The van der Waals surface area contributed by atoms with Crippen LogP contribution in [-0.2, 0) is 0 Å². The molecule has 1 rings (SSSR count). The maximum atomic E-state index is 2.39. The highest BCUT2D eigenvalue weighted by molar-refractivity contribution is 8.20. The summed E-state index contributed by atoms with van der Waals surface area (Å²) in [6.07, 6.45) is 2.75. The second kappa shape index (κ2) is 4.55. The van der Waals surface area contributed by atoms with E-state index in [0.717, 1.165) is 10.5 Å². The van der Waals surface area contributed by atoms with Crippen molar-refractivity contribution >= 4 is 23.5 Å². The molecule has 1 fully saturated rings. The molecule has 0 aromatic heterocycles. The Morgan fingerprint density at radius 1 is 1.40 bits per heavy atom. The van der Waals surface area contributed by atoms with Gasteiger partial charge in [-0.05, 0) is 12.3 Å². The van der Waals surface area contributed by atoms with Crippen molar-refractivity contribution in [2.24, 2.45) is 5.92 Å². The largest absolute Gasteiger partial charge is 0.146 e. The maximum Gasteiger partial charge on any atom is 0.0528 e. The Bertz CT molecular complexity index is 87.3. The predicted molar refractivity (Wildman–Crippen MR) is 52.8 cm³/mol. The minimum atomic E-state index is 0.917. The first-order valence-electron chi connectivity index (χ1n) is 4.07. The smallest absolute Gasteiger partial charge is 0.0528 e. The molecular weight excluding hydrogens is 160 g/mol. The van der Waals surface area contributed by atoms with Gasteiger partial charge >= 0.3 is 0 Å². The molecule has 0 bridgehead atoms. The van der Waals surface area contributed by atoms with Crippen LogP contribution in [-0.4, -0.2) is 16.1 Å². The highest BCUT2D eigenvalue weighted by atomic mass is 32.2. The zero-order chi connectivity index (χ0) is 7.40. The summed E-state index contributed by atoms with van der Waals surface area (Å²) in [5.74, 6) is 3.69. The molecule has 1 unspecified atom stereocenters. The molecule has 0 saturated carbocycles. The normalized spacial score (nSPS) is 23.4. The van der Waals surface area contributed by atoms with Gasteiger partial charge in [0.05, 0.1) is 4.58 Å². The van der Waals surface area contributed by atoms with Crippen molar-refractivity contribution < 1.29 is 0 Å². The van der Waals surface area contributed by atoms with Gasteiger partial charge in [0.25, 0.3) is 0 Å². The highest BCUT2D eigenvalue weighted by Gasteiger charge is 2.21. The van der Waals surface area contributed by atoms with Crippen molar-refractivity contribution in [1.82, 2.24) is 0 Å². The first kappa shape index (κ1) is 8.79. The van der Waals surface area contributed by atoms with Crippen molar-refractivity contribution in [2.45, 2.75) is 31.3 Å². The lowest BCUT2D eigenvalue weighted by Crippen LogP contribution is -2.06. The molecule has 1 saturated heterocycles. The topological polar surface area (TPSA) is 0 Å². The van der Waals surface area contributed by atoms with Gasteiger partial charge in [-0.1, -0.05) is 20.3 Å². The average Bonchev–Trinajstić information content (AvgIpc) is 2.38. The standard InChI is InChI=1S/C8H16S2/c1-3-4-7(2)8-9-5-6-10-8/h7-8H,3-6H2,1-2H3. The van der Waals surface area contributed by atoms with E-state index in [4.69, 9.17) is 0 Å². The Labute approximate surface area is 72.5 Å². The van der Waals surface area contributed by atoms with Crippen molar-refractivity contribution in [1.29, 1.82) is 0 Å². The molecule has 1 heterocycles. The van der Waals surface area contributed by atoms with Crippen molar-refractivity contribution in [3.63, 3.8) is 0 Å². The lowest BCUT2D eigenvalue weighted by Gasteiger charge is -2.15. The fraction of sp³-hybridized carbons (Fsp3) is 1.00. The Kier molecular flexibility index (Phi) is 4.00. The predicted octanol–water partition coefficient (Wildman–Crippen LogP) is 3.23. The van der Waals surface area contributed by atoms with Gasteiger partial charge in [-0.25, -0.2) is 0 Å². The van der Waals surface area contributed by atoms with E-state index in [1.165, 1.54) is 24.3 Å². The first-order valence-corrected chi connectivity index (χ1v) is 6.17. The highest BCUT2D eigenvalue weighted by Crippen LogP contribution is 2.38. The molecule has 0 radical (unpaired) electrons. The Morgan fingerprint density at radius 2 is 2.00 bits per heavy atom. The Morgan fingerprint density at radius 3 is 2.50 bits per heavy atom. The van der Waals surface area contributed by atoms with Crippen LogP contribution in [0.15, 0.2) is 0 Å². The van der Waals surface area contributed by atoms with Gasteiger partial charge in [0.15, 0.2) is 0 Å². The first-order chi connectivity index (χ1) is 4.84. The fourth-order valence-corrected chi connectivity index (χ4v) is 4.42. The number of thioether (sulfide) groups is 2. The van der Waals surface area contributed by atoms with Gasteiger partial charge in [-0.15, -0.1) is 23.5 Å². The van der Waals surface area contributed by atoms with Crippen LogP contribution in [0.4, 0.5) is 0 Å². The van der Waals surface area contributed by atoms with E-state index in [0.29, 0.717) is 0 Å². The maximum absolute atomic E-state index is 2.39.